The van der Waals surface area contributed by atoms with E-state index in [0.717, 1.165) is 0 Å². The van der Waals surface area contributed by atoms with Crippen molar-refractivity contribution in [3.8, 4) is 0 Å². The van der Waals surface area contributed by atoms with E-state index in [1.807, 2.05) is 0 Å². The van der Waals surface area contributed by atoms with E-state index in [9.17, 15) is 0 Å². The van der Waals surface area contributed by atoms with E-state index in [4.69, 9.17) is 0 Å². The molecule has 1 N–H and O–H groups in total. The molecule has 0 amide bonds. The van der Waals surface area contributed by atoms with Gasteiger partial charge in [0, 0.05) is 33.5 Å². The van der Waals surface area contributed by atoms with Gasteiger partial charge >= 0.3 is 0 Å². The van der Waals surface area contributed by atoms with Gasteiger partial charge in [0.05, 0.1) is 0 Å². The SMILES string of the molecule is Cc1c[n+]2ccc3c4ccccc4[nH]c3c2c(C)c1C. The maximum atomic E-state index is 3.59. The van der Waals surface area contributed by atoms with Crippen LogP contribution in [0.4, 0.5) is 0 Å². The molecular formula is C18H17N2+. The molecule has 2 heteroatoms. The molecule has 0 unspecified atom stereocenters. The molecule has 0 aliphatic carbocycles. The molecule has 3 heterocycles. The molecule has 0 aliphatic heterocycles. The zero-order chi connectivity index (χ0) is 13.9. The second kappa shape index (κ2) is 3.83. The van der Waals surface area contributed by atoms with Crippen molar-refractivity contribution in [3.05, 3.63) is 59.4 Å². The van der Waals surface area contributed by atoms with Crippen LogP contribution in [-0.2, 0) is 0 Å². The number of rotatable bonds is 0. The molecule has 98 valence electrons. The smallest absolute Gasteiger partial charge is 0.238 e. The summed E-state index contributed by atoms with van der Waals surface area (Å²) < 4.78 is 2.23. The van der Waals surface area contributed by atoms with E-state index >= 15 is 0 Å². The van der Waals surface area contributed by atoms with Crippen molar-refractivity contribution in [2.75, 3.05) is 0 Å². The van der Waals surface area contributed by atoms with Gasteiger partial charge in [-0.05, 0) is 32.4 Å². The fraction of sp³-hybridized carbons (Fsp3) is 0.167. The molecule has 0 aliphatic rings. The number of aromatic nitrogens is 2. The molecule has 0 saturated heterocycles. The molecule has 0 radical (unpaired) electrons. The van der Waals surface area contributed by atoms with Gasteiger partial charge in [-0.15, -0.1) is 0 Å². The van der Waals surface area contributed by atoms with Crippen LogP contribution in [0.25, 0.3) is 27.3 Å². The van der Waals surface area contributed by atoms with Crippen molar-refractivity contribution in [1.29, 1.82) is 0 Å². The van der Waals surface area contributed by atoms with E-state index in [1.54, 1.807) is 0 Å². The van der Waals surface area contributed by atoms with E-state index in [2.05, 4.69) is 72.9 Å². The summed E-state index contributed by atoms with van der Waals surface area (Å²) in [7, 11) is 0. The van der Waals surface area contributed by atoms with Crippen molar-refractivity contribution >= 4 is 27.3 Å². The number of nitrogens with zero attached hydrogens (tertiary/aromatic N) is 1. The Hall–Kier alpha value is -2.35. The molecule has 4 aromatic rings. The largest absolute Gasteiger partial charge is 0.349 e. The van der Waals surface area contributed by atoms with E-state index in [-0.39, 0.29) is 0 Å². The third kappa shape index (κ3) is 1.36. The standard InChI is InChI=1S/C18H16N2/c1-11-10-20-9-8-15-14-6-4-5-7-16(14)19-17(15)18(20)13(3)12(11)2/h4-10H,1-3H3/p+1. The lowest BCUT2D eigenvalue weighted by atomic mass is 10.0. The maximum Gasteiger partial charge on any atom is 0.238 e. The highest BCUT2D eigenvalue weighted by molar-refractivity contribution is 6.11. The van der Waals surface area contributed by atoms with Crippen LogP contribution in [0.2, 0.25) is 0 Å². The third-order valence-electron chi connectivity index (χ3n) is 4.48. The van der Waals surface area contributed by atoms with Crippen LogP contribution in [0.1, 0.15) is 16.7 Å². The summed E-state index contributed by atoms with van der Waals surface area (Å²) in [4.78, 5) is 3.59. The summed E-state index contributed by atoms with van der Waals surface area (Å²) in [5, 5.41) is 2.59. The summed E-state index contributed by atoms with van der Waals surface area (Å²) >= 11 is 0. The van der Waals surface area contributed by atoms with Crippen LogP contribution in [0.5, 0.6) is 0 Å². The van der Waals surface area contributed by atoms with Gasteiger partial charge in [0.2, 0.25) is 5.52 Å². The van der Waals surface area contributed by atoms with Gasteiger partial charge in [-0.25, -0.2) is 0 Å². The van der Waals surface area contributed by atoms with Gasteiger partial charge in [0.15, 0.2) is 12.4 Å². The highest BCUT2D eigenvalue weighted by atomic mass is 14.9. The highest BCUT2D eigenvalue weighted by Gasteiger charge is 2.17. The Labute approximate surface area is 117 Å². The van der Waals surface area contributed by atoms with Crippen LogP contribution >= 0.6 is 0 Å². The molecule has 1 aromatic carbocycles. The average Bonchev–Trinajstić information content (AvgIpc) is 2.83. The third-order valence-corrected chi connectivity index (χ3v) is 4.48. The summed E-state index contributed by atoms with van der Waals surface area (Å²) in [5.41, 5.74) is 7.76. The Kier molecular flexibility index (Phi) is 2.19. The number of hydrogen-bond acceptors (Lipinski definition) is 0. The number of H-pyrrole nitrogens is 1. The lowest BCUT2D eigenvalue weighted by Gasteiger charge is -2.04. The predicted octanol–water partition coefficient (Wildman–Crippen LogP) is 3.99. The van der Waals surface area contributed by atoms with Crippen molar-refractivity contribution in [1.82, 2.24) is 4.98 Å². The number of hydrogen-bond donors (Lipinski definition) is 1. The predicted molar refractivity (Wildman–Crippen MR) is 83.2 cm³/mol. The molecule has 20 heavy (non-hydrogen) atoms. The minimum atomic E-state index is 1.20. The van der Waals surface area contributed by atoms with Crippen molar-refractivity contribution in [2.24, 2.45) is 0 Å². The van der Waals surface area contributed by atoms with E-state index in [0.29, 0.717) is 0 Å². The average molecular weight is 261 g/mol. The highest BCUT2D eigenvalue weighted by Crippen LogP contribution is 2.28. The first-order chi connectivity index (χ1) is 9.66. The number of pyridine rings is 2. The summed E-state index contributed by atoms with van der Waals surface area (Å²) in [6.07, 6.45) is 4.38. The first-order valence-corrected chi connectivity index (χ1v) is 6.98. The zero-order valence-electron chi connectivity index (χ0n) is 12.0. The van der Waals surface area contributed by atoms with Crippen molar-refractivity contribution in [3.63, 3.8) is 0 Å². The van der Waals surface area contributed by atoms with Crippen molar-refractivity contribution in [2.45, 2.75) is 20.8 Å². The number of nitrogens with one attached hydrogen (secondary N) is 1. The summed E-state index contributed by atoms with van der Waals surface area (Å²) in [6, 6.07) is 10.7. The maximum absolute atomic E-state index is 3.59. The second-order valence-corrected chi connectivity index (χ2v) is 5.59. The van der Waals surface area contributed by atoms with Gasteiger partial charge in [0.25, 0.3) is 0 Å². The Morgan fingerprint density at radius 2 is 1.70 bits per heavy atom. The Morgan fingerprint density at radius 3 is 2.55 bits per heavy atom. The van der Waals surface area contributed by atoms with Gasteiger partial charge in [-0.3, -0.25) is 0 Å². The second-order valence-electron chi connectivity index (χ2n) is 5.59. The fourth-order valence-electron chi connectivity index (χ4n) is 3.15. The molecule has 2 nitrogen and oxygen atoms in total. The lowest BCUT2D eigenvalue weighted by Crippen LogP contribution is -2.23. The quantitative estimate of drug-likeness (QED) is 0.462. The molecule has 0 atom stereocenters. The molecule has 4 rings (SSSR count). The molecule has 0 spiro atoms. The number of fused-ring (bicyclic) bond motifs is 5. The molecular weight excluding hydrogens is 244 g/mol. The Balaban J connectivity index is 2.32. The van der Waals surface area contributed by atoms with Crippen molar-refractivity contribution < 1.29 is 4.40 Å². The number of para-hydroxylation sites is 1. The van der Waals surface area contributed by atoms with E-state index in [1.165, 1.54) is 44.0 Å². The Morgan fingerprint density at radius 1 is 0.900 bits per heavy atom. The van der Waals surface area contributed by atoms with Crippen LogP contribution < -0.4 is 4.40 Å². The van der Waals surface area contributed by atoms with E-state index < -0.39 is 0 Å². The molecule has 0 bridgehead atoms. The minimum absolute atomic E-state index is 1.20. The number of aromatic amines is 1. The Bertz CT molecular complexity index is 977. The summed E-state index contributed by atoms with van der Waals surface area (Å²) in [6.45, 7) is 6.58. The van der Waals surface area contributed by atoms with Crippen LogP contribution in [-0.4, -0.2) is 4.98 Å². The van der Waals surface area contributed by atoms with Crippen LogP contribution in [0.15, 0.2) is 42.7 Å². The number of benzene rings is 1. The summed E-state index contributed by atoms with van der Waals surface area (Å²) in [5.74, 6) is 0. The number of aryl methyl sites for hydroxylation is 2. The van der Waals surface area contributed by atoms with Crippen LogP contribution in [0, 0.1) is 20.8 Å². The van der Waals surface area contributed by atoms with Gasteiger partial charge < -0.3 is 4.98 Å². The topological polar surface area (TPSA) is 19.9 Å². The minimum Gasteiger partial charge on any atom is -0.349 e. The first-order valence-electron chi connectivity index (χ1n) is 6.98. The van der Waals surface area contributed by atoms with Crippen LogP contribution in [0.3, 0.4) is 0 Å². The fourth-order valence-corrected chi connectivity index (χ4v) is 3.15. The normalized spacial score (nSPS) is 11.8. The van der Waals surface area contributed by atoms with Gasteiger partial charge in [0.1, 0.15) is 5.52 Å². The molecule has 0 saturated carbocycles. The monoisotopic (exact) mass is 261 g/mol. The van der Waals surface area contributed by atoms with Gasteiger partial charge in [-0.2, -0.15) is 4.40 Å². The van der Waals surface area contributed by atoms with Gasteiger partial charge in [-0.1, -0.05) is 18.2 Å². The first kappa shape index (κ1) is 11.5. The molecule has 3 aromatic heterocycles. The lowest BCUT2D eigenvalue weighted by molar-refractivity contribution is -0.511. The zero-order valence-corrected chi connectivity index (χ0v) is 12.0. The molecule has 0 fully saturated rings.